The van der Waals surface area contributed by atoms with Gasteiger partial charge in [-0.05, 0) is 36.8 Å². The standard InChI is InChI=1S/C18H23NO2/c1-12-7-6-10-14-15(11-16(21-2)19-17(12)14)18(20)13-8-4-3-5-9-13/h6-7,10-11,13,18,20H,3-5,8-9H2,1-2H3. The second kappa shape index (κ2) is 6.02. The minimum Gasteiger partial charge on any atom is -0.481 e. The number of hydrogen-bond donors (Lipinski definition) is 1. The zero-order valence-corrected chi connectivity index (χ0v) is 12.8. The van der Waals surface area contributed by atoms with Gasteiger partial charge in [0.15, 0.2) is 0 Å². The van der Waals surface area contributed by atoms with Crippen LogP contribution >= 0.6 is 0 Å². The van der Waals surface area contributed by atoms with Gasteiger partial charge in [0, 0.05) is 11.5 Å². The predicted molar refractivity (Wildman–Crippen MR) is 84.6 cm³/mol. The highest BCUT2D eigenvalue weighted by Gasteiger charge is 2.25. The molecule has 0 amide bonds. The molecule has 3 nitrogen and oxygen atoms in total. The number of para-hydroxylation sites is 1. The molecule has 1 atom stereocenters. The number of rotatable bonds is 3. The summed E-state index contributed by atoms with van der Waals surface area (Å²) < 4.78 is 5.33. The Morgan fingerprint density at radius 3 is 2.71 bits per heavy atom. The van der Waals surface area contributed by atoms with Crippen LogP contribution in [0.4, 0.5) is 0 Å². The highest BCUT2D eigenvalue weighted by Crippen LogP contribution is 2.38. The van der Waals surface area contributed by atoms with Crippen molar-refractivity contribution in [2.24, 2.45) is 5.92 Å². The van der Waals surface area contributed by atoms with Gasteiger partial charge in [0.2, 0.25) is 5.88 Å². The Morgan fingerprint density at radius 2 is 2.00 bits per heavy atom. The van der Waals surface area contributed by atoms with Crippen LogP contribution in [0.3, 0.4) is 0 Å². The van der Waals surface area contributed by atoms with E-state index in [1.165, 1.54) is 19.3 Å². The summed E-state index contributed by atoms with van der Waals surface area (Å²) in [5.74, 6) is 0.941. The Labute approximate surface area is 126 Å². The normalized spacial score (nSPS) is 17.9. The Hall–Kier alpha value is -1.61. The van der Waals surface area contributed by atoms with Crippen LogP contribution in [-0.2, 0) is 0 Å². The van der Waals surface area contributed by atoms with Crippen LogP contribution < -0.4 is 4.74 Å². The molecule has 0 saturated heterocycles. The average Bonchev–Trinajstić information content (AvgIpc) is 2.54. The lowest BCUT2D eigenvalue weighted by Crippen LogP contribution is -2.16. The van der Waals surface area contributed by atoms with Crippen molar-refractivity contribution in [3.63, 3.8) is 0 Å². The number of aliphatic hydroxyl groups is 1. The van der Waals surface area contributed by atoms with Gasteiger partial charge >= 0.3 is 0 Å². The molecule has 3 rings (SSSR count). The molecule has 0 spiro atoms. The van der Waals surface area contributed by atoms with Crippen LogP contribution in [0.2, 0.25) is 0 Å². The van der Waals surface area contributed by atoms with E-state index in [0.717, 1.165) is 34.9 Å². The van der Waals surface area contributed by atoms with Gasteiger partial charge < -0.3 is 9.84 Å². The topological polar surface area (TPSA) is 42.4 Å². The lowest BCUT2D eigenvalue weighted by Gasteiger charge is -2.27. The van der Waals surface area contributed by atoms with Crippen molar-refractivity contribution in [2.75, 3.05) is 7.11 Å². The summed E-state index contributed by atoms with van der Waals surface area (Å²) in [6.45, 7) is 2.05. The summed E-state index contributed by atoms with van der Waals surface area (Å²) in [6.07, 6.45) is 5.54. The number of fused-ring (bicyclic) bond motifs is 1. The van der Waals surface area contributed by atoms with Crippen LogP contribution in [0.15, 0.2) is 24.3 Å². The third-order valence-corrected chi connectivity index (χ3v) is 4.67. The molecule has 1 aromatic carbocycles. The molecule has 1 N–H and O–H groups in total. The summed E-state index contributed by atoms with van der Waals surface area (Å²) in [5, 5.41) is 11.9. The Bertz CT molecular complexity index is 632. The second-order valence-corrected chi connectivity index (χ2v) is 6.07. The van der Waals surface area contributed by atoms with E-state index < -0.39 is 6.10 Å². The van der Waals surface area contributed by atoms with Crippen LogP contribution in [0.5, 0.6) is 5.88 Å². The van der Waals surface area contributed by atoms with Gasteiger partial charge in [-0.2, -0.15) is 0 Å². The average molecular weight is 285 g/mol. The van der Waals surface area contributed by atoms with Crippen molar-refractivity contribution < 1.29 is 9.84 Å². The fourth-order valence-corrected chi connectivity index (χ4v) is 3.45. The van der Waals surface area contributed by atoms with Crippen molar-refractivity contribution in [1.29, 1.82) is 0 Å². The van der Waals surface area contributed by atoms with E-state index in [1.807, 2.05) is 25.1 Å². The first-order chi connectivity index (χ1) is 10.2. The zero-order chi connectivity index (χ0) is 14.8. The first kappa shape index (κ1) is 14.3. The number of nitrogens with zero attached hydrogens (tertiary/aromatic N) is 1. The van der Waals surface area contributed by atoms with Crippen LogP contribution in [0.1, 0.15) is 49.3 Å². The first-order valence-electron chi connectivity index (χ1n) is 7.83. The fourth-order valence-electron chi connectivity index (χ4n) is 3.45. The molecule has 0 radical (unpaired) electrons. The molecule has 2 aromatic rings. The smallest absolute Gasteiger partial charge is 0.213 e. The van der Waals surface area contributed by atoms with Gasteiger partial charge in [0.05, 0.1) is 18.7 Å². The molecule has 1 heterocycles. The zero-order valence-electron chi connectivity index (χ0n) is 12.8. The summed E-state index contributed by atoms with van der Waals surface area (Å²) in [4.78, 5) is 4.55. The highest BCUT2D eigenvalue weighted by atomic mass is 16.5. The third kappa shape index (κ3) is 2.75. The maximum absolute atomic E-state index is 10.9. The lowest BCUT2D eigenvalue weighted by atomic mass is 9.82. The molecule has 1 saturated carbocycles. The molecule has 0 bridgehead atoms. The number of ether oxygens (including phenoxy) is 1. The summed E-state index contributed by atoms with van der Waals surface area (Å²) in [5.41, 5.74) is 3.01. The van der Waals surface area contributed by atoms with Crippen molar-refractivity contribution in [3.05, 3.63) is 35.4 Å². The van der Waals surface area contributed by atoms with Gasteiger partial charge in [-0.25, -0.2) is 4.98 Å². The van der Waals surface area contributed by atoms with Crippen LogP contribution in [0.25, 0.3) is 10.9 Å². The van der Waals surface area contributed by atoms with E-state index in [0.29, 0.717) is 11.8 Å². The minimum absolute atomic E-state index is 0.356. The summed E-state index contributed by atoms with van der Waals surface area (Å²) in [7, 11) is 1.63. The maximum atomic E-state index is 10.9. The summed E-state index contributed by atoms with van der Waals surface area (Å²) in [6, 6.07) is 8.03. The number of hydrogen-bond acceptors (Lipinski definition) is 3. The summed E-state index contributed by atoms with van der Waals surface area (Å²) >= 11 is 0. The molecule has 1 aromatic heterocycles. The maximum Gasteiger partial charge on any atom is 0.213 e. The number of aliphatic hydroxyl groups excluding tert-OH is 1. The molecular weight excluding hydrogens is 262 g/mol. The SMILES string of the molecule is COc1cc(C(O)C2CCCCC2)c2cccc(C)c2n1. The highest BCUT2D eigenvalue weighted by molar-refractivity contribution is 5.86. The molecule has 1 fully saturated rings. The van der Waals surface area contributed by atoms with Gasteiger partial charge in [-0.15, -0.1) is 0 Å². The number of aryl methyl sites for hydroxylation is 1. The van der Waals surface area contributed by atoms with E-state index in [9.17, 15) is 5.11 Å². The second-order valence-electron chi connectivity index (χ2n) is 6.07. The number of benzene rings is 1. The molecular formula is C18H23NO2. The van der Waals surface area contributed by atoms with Crippen molar-refractivity contribution >= 4 is 10.9 Å². The number of pyridine rings is 1. The van der Waals surface area contributed by atoms with Gasteiger partial charge in [0.1, 0.15) is 0 Å². The number of methoxy groups -OCH3 is 1. The quantitative estimate of drug-likeness (QED) is 0.920. The molecule has 0 aliphatic heterocycles. The molecule has 1 unspecified atom stereocenters. The largest absolute Gasteiger partial charge is 0.481 e. The van der Waals surface area contributed by atoms with E-state index in [-0.39, 0.29) is 0 Å². The van der Waals surface area contributed by atoms with E-state index in [1.54, 1.807) is 7.11 Å². The van der Waals surface area contributed by atoms with Gasteiger partial charge in [0.25, 0.3) is 0 Å². The van der Waals surface area contributed by atoms with Crippen LogP contribution in [0, 0.1) is 12.8 Å². The monoisotopic (exact) mass is 285 g/mol. The third-order valence-electron chi connectivity index (χ3n) is 4.67. The molecule has 112 valence electrons. The van der Waals surface area contributed by atoms with E-state index in [4.69, 9.17) is 4.74 Å². The van der Waals surface area contributed by atoms with Crippen molar-refractivity contribution in [1.82, 2.24) is 4.98 Å². The predicted octanol–water partition coefficient (Wildman–Crippen LogP) is 4.17. The van der Waals surface area contributed by atoms with Gasteiger partial charge in [-0.1, -0.05) is 37.5 Å². The molecule has 1 aliphatic carbocycles. The van der Waals surface area contributed by atoms with Gasteiger partial charge in [-0.3, -0.25) is 0 Å². The number of aromatic nitrogens is 1. The first-order valence-corrected chi connectivity index (χ1v) is 7.83. The minimum atomic E-state index is -0.425. The van der Waals surface area contributed by atoms with Crippen molar-refractivity contribution in [2.45, 2.75) is 45.1 Å². The lowest BCUT2D eigenvalue weighted by molar-refractivity contribution is 0.0858. The van der Waals surface area contributed by atoms with Crippen molar-refractivity contribution in [3.8, 4) is 5.88 Å². The molecule has 3 heteroatoms. The Balaban J connectivity index is 2.09. The molecule has 1 aliphatic rings. The Kier molecular flexibility index (Phi) is 4.11. The van der Waals surface area contributed by atoms with E-state index >= 15 is 0 Å². The molecule has 21 heavy (non-hydrogen) atoms. The Morgan fingerprint density at radius 1 is 1.24 bits per heavy atom. The van der Waals surface area contributed by atoms with E-state index in [2.05, 4.69) is 11.1 Å². The van der Waals surface area contributed by atoms with Crippen LogP contribution in [-0.4, -0.2) is 17.2 Å². The fraction of sp³-hybridized carbons (Fsp3) is 0.500.